The van der Waals surface area contributed by atoms with E-state index in [0.717, 1.165) is 17.5 Å². The van der Waals surface area contributed by atoms with Crippen LogP contribution in [-0.4, -0.2) is 25.0 Å². The van der Waals surface area contributed by atoms with Gasteiger partial charge in [0.1, 0.15) is 0 Å². The number of nitrogens with two attached hydrogens (primary N) is 1. The predicted molar refractivity (Wildman–Crippen MR) is 98.3 cm³/mol. The Morgan fingerprint density at radius 3 is 2.40 bits per heavy atom. The molecule has 0 fully saturated rings. The fourth-order valence-electron chi connectivity index (χ4n) is 2.52. The molecule has 5 nitrogen and oxygen atoms in total. The number of urea groups is 1. The van der Waals surface area contributed by atoms with E-state index in [1.54, 1.807) is 6.92 Å². The lowest BCUT2D eigenvalue weighted by atomic mass is 10.1. The third kappa shape index (κ3) is 6.21. The largest absolute Gasteiger partial charge is 0.338 e. The molecule has 0 unspecified atom stereocenters. The third-order valence-electron chi connectivity index (χ3n) is 3.76. The molecule has 0 radical (unpaired) electrons. The number of rotatable bonds is 7. The van der Waals surface area contributed by atoms with Gasteiger partial charge in [-0.1, -0.05) is 54.1 Å². The van der Waals surface area contributed by atoms with Crippen LogP contribution >= 0.6 is 11.6 Å². The van der Waals surface area contributed by atoms with E-state index in [1.165, 1.54) is 0 Å². The van der Waals surface area contributed by atoms with Crippen LogP contribution in [0.15, 0.2) is 54.6 Å². The highest BCUT2D eigenvalue weighted by Crippen LogP contribution is 2.10. The second-order valence-electron chi connectivity index (χ2n) is 5.64. The van der Waals surface area contributed by atoms with Gasteiger partial charge in [0.2, 0.25) is 0 Å². The molecule has 2 aromatic rings. The number of carbonyl (C=O) groups excluding carboxylic acids is 2. The van der Waals surface area contributed by atoms with E-state index >= 15 is 0 Å². The number of halogens is 1. The van der Waals surface area contributed by atoms with E-state index in [9.17, 15) is 9.59 Å². The standard InChI is InChI=1S/C19H22ClN3O2/c1-2-21-19(25)23-18(24)17(15-6-4-3-5-7-15)22-13-12-14-8-10-16(20)11-9-14/h3-11,17,22H,2,12-13H2,1H3,(H2,21,23,24,25)/p+1/t17-/m0/s1. The van der Waals surface area contributed by atoms with Crippen LogP contribution in [0.25, 0.3) is 0 Å². The van der Waals surface area contributed by atoms with Crippen molar-refractivity contribution in [2.24, 2.45) is 0 Å². The highest BCUT2D eigenvalue weighted by Gasteiger charge is 2.25. The molecule has 0 spiro atoms. The van der Waals surface area contributed by atoms with Gasteiger partial charge in [0.25, 0.3) is 5.91 Å². The highest BCUT2D eigenvalue weighted by molar-refractivity contribution is 6.30. The van der Waals surface area contributed by atoms with Crippen molar-refractivity contribution >= 4 is 23.5 Å². The summed E-state index contributed by atoms with van der Waals surface area (Å²) in [7, 11) is 0. The van der Waals surface area contributed by atoms with Gasteiger partial charge in [0.05, 0.1) is 6.54 Å². The summed E-state index contributed by atoms with van der Waals surface area (Å²) in [6.07, 6.45) is 0.801. The van der Waals surface area contributed by atoms with E-state index < -0.39 is 12.1 Å². The average Bonchev–Trinajstić information content (AvgIpc) is 2.61. The first-order valence-corrected chi connectivity index (χ1v) is 8.69. The van der Waals surface area contributed by atoms with Crippen LogP contribution in [0.5, 0.6) is 0 Å². The molecule has 4 N–H and O–H groups in total. The second-order valence-corrected chi connectivity index (χ2v) is 6.07. The Morgan fingerprint density at radius 2 is 1.76 bits per heavy atom. The van der Waals surface area contributed by atoms with Crippen molar-refractivity contribution in [2.45, 2.75) is 19.4 Å². The Bertz CT molecular complexity index is 690. The SMILES string of the molecule is CCNC(=O)NC(=O)[C@@H]([NH2+]CCc1ccc(Cl)cc1)c1ccccc1. The lowest BCUT2D eigenvalue weighted by Crippen LogP contribution is -2.88. The molecular formula is C19H23ClN3O2+. The molecule has 0 saturated carbocycles. The summed E-state index contributed by atoms with van der Waals surface area (Å²) < 4.78 is 0. The summed E-state index contributed by atoms with van der Waals surface area (Å²) in [4.78, 5) is 24.1. The first-order chi connectivity index (χ1) is 12.1. The Morgan fingerprint density at radius 1 is 1.08 bits per heavy atom. The van der Waals surface area contributed by atoms with Gasteiger partial charge in [-0.3, -0.25) is 10.1 Å². The van der Waals surface area contributed by atoms with Crippen LogP contribution in [0.3, 0.4) is 0 Å². The summed E-state index contributed by atoms with van der Waals surface area (Å²) in [6, 6.07) is 16.2. The van der Waals surface area contributed by atoms with Crippen molar-refractivity contribution in [3.8, 4) is 0 Å². The molecule has 2 rings (SSSR count). The molecule has 2 aromatic carbocycles. The molecule has 0 aliphatic carbocycles. The quantitative estimate of drug-likeness (QED) is 0.706. The molecule has 0 saturated heterocycles. The minimum absolute atomic E-state index is 0.326. The molecule has 3 amide bonds. The molecular weight excluding hydrogens is 338 g/mol. The number of amides is 3. The van der Waals surface area contributed by atoms with Gasteiger partial charge >= 0.3 is 6.03 Å². The maximum absolute atomic E-state index is 12.5. The van der Waals surface area contributed by atoms with E-state index in [2.05, 4.69) is 10.6 Å². The van der Waals surface area contributed by atoms with Crippen LogP contribution < -0.4 is 16.0 Å². The van der Waals surface area contributed by atoms with Crippen LogP contribution in [0.1, 0.15) is 24.1 Å². The number of hydrogen-bond acceptors (Lipinski definition) is 2. The molecule has 0 aromatic heterocycles. The average molecular weight is 361 g/mol. The normalized spacial score (nSPS) is 11.6. The lowest BCUT2D eigenvalue weighted by molar-refractivity contribution is -0.682. The second kappa shape index (κ2) is 9.81. The van der Waals surface area contributed by atoms with Gasteiger partial charge in [-0.15, -0.1) is 0 Å². The Balaban J connectivity index is 2.00. The minimum atomic E-state index is -0.476. The van der Waals surface area contributed by atoms with Gasteiger partial charge < -0.3 is 10.6 Å². The van der Waals surface area contributed by atoms with E-state index in [-0.39, 0.29) is 5.91 Å². The summed E-state index contributed by atoms with van der Waals surface area (Å²) in [5, 5.41) is 7.62. The van der Waals surface area contributed by atoms with Crippen molar-refractivity contribution in [3.63, 3.8) is 0 Å². The topological polar surface area (TPSA) is 74.8 Å². The molecule has 0 bridgehead atoms. The smallest absolute Gasteiger partial charge is 0.321 e. The zero-order chi connectivity index (χ0) is 18.1. The van der Waals surface area contributed by atoms with Crippen molar-refractivity contribution in [1.29, 1.82) is 0 Å². The van der Waals surface area contributed by atoms with Crippen molar-refractivity contribution < 1.29 is 14.9 Å². The first kappa shape index (κ1) is 19.0. The first-order valence-electron chi connectivity index (χ1n) is 8.31. The molecule has 25 heavy (non-hydrogen) atoms. The van der Waals surface area contributed by atoms with Crippen molar-refractivity contribution in [3.05, 3.63) is 70.7 Å². The van der Waals surface area contributed by atoms with Crippen molar-refractivity contribution in [2.75, 3.05) is 13.1 Å². The zero-order valence-corrected chi connectivity index (χ0v) is 14.9. The van der Waals surface area contributed by atoms with Crippen LogP contribution in [0, 0.1) is 0 Å². The molecule has 0 aliphatic rings. The maximum atomic E-state index is 12.5. The van der Waals surface area contributed by atoms with Crippen LogP contribution in [0.2, 0.25) is 5.02 Å². The van der Waals surface area contributed by atoms with Crippen LogP contribution in [-0.2, 0) is 11.2 Å². The number of carbonyl (C=O) groups is 2. The molecule has 0 heterocycles. The van der Waals surface area contributed by atoms with E-state index in [4.69, 9.17) is 11.6 Å². The number of benzene rings is 2. The van der Waals surface area contributed by atoms with Gasteiger partial charge in [0.15, 0.2) is 6.04 Å². The molecule has 1 atom stereocenters. The number of nitrogens with one attached hydrogen (secondary N) is 2. The van der Waals surface area contributed by atoms with Gasteiger partial charge in [-0.25, -0.2) is 4.79 Å². The summed E-state index contributed by atoms with van der Waals surface area (Å²) in [5.74, 6) is -0.326. The Labute approximate surface area is 152 Å². The van der Waals surface area contributed by atoms with Crippen LogP contribution in [0.4, 0.5) is 4.79 Å². The van der Waals surface area contributed by atoms with Crippen molar-refractivity contribution in [1.82, 2.24) is 10.6 Å². The monoisotopic (exact) mass is 360 g/mol. The zero-order valence-electron chi connectivity index (χ0n) is 14.2. The number of hydrogen-bond donors (Lipinski definition) is 3. The van der Waals surface area contributed by atoms with Gasteiger partial charge in [-0.2, -0.15) is 0 Å². The predicted octanol–water partition coefficient (Wildman–Crippen LogP) is 2.03. The molecule has 6 heteroatoms. The molecule has 132 valence electrons. The van der Waals surface area contributed by atoms with E-state index in [1.807, 2.05) is 59.9 Å². The Hall–Kier alpha value is -2.37. The summed E-state index contributed by atoms with van der Waals surface area (Å²) in [5.41, 5.74) is 2.01. The maximum Gasteiger partial charge on any atom is 0.321 e. The van der Waals surface area contributed by atoms with Gasteiger partial charge in [-0.05, 0) is 24.6 Å². The fourth-order valence-corrected chi connectivity index (χ4v) is 2.64. The minimum Gasteiger partial charge on any atom is -0.338 e. The van der Waals surface area contributed by atoms with E-state index in [0.29, 0.717) is 18.1 Å². The third-order valence-corrected chi connectivity index (χ3v) is 4.02. The van der Waals surface area contributed by atoms with Gasteiger partial charge in [0, 0.05) is 23.6 Å². The number of quaternary nitrogens is 1. The fraction of sp³-hybridized carbons (Fsp3) is 0.263. The number of imide groups is 1. The highest BCUT2D eigenvalue weighted by atomic mass is 35.5. The Kier molecular flexibility index (Phi) is 7.44. The summed E-state index contributed by atoms with van der Waals surface area (Å²) >= 11 is 5.89. The lowest BCUT2D eigenvalue weighted by Gasteiger charge is -2.15. The molecule has 0 aliphatic heterocycles. The summed E-state index contributed by atoms with van der Waals surface area (Å²) in [6.45, 7) is 2.98.